The summed E-state index contributed by atoms with van der Waals surface area (Å²) in [5.41, 5.74) is 0. The molecule has 0 aromatic carbocycles. The Balaban J connectivity index is 1.44. The van der Waals surface area contributed by atoms with Crippen LogP contribution >= 0.6 is 0 Å². The van der Waals surface area contributed by atoms with Crippen LogP contribution in [-0.2, 0) is 4.74 Å². The van der Waals surface area contributed by atoms with Crippen molar-refractivity contribution in [3.8, 4) is 0 Å². The molecule has 4 rings (SSSR count). The van der Waals surface area contributed by atoms with Gasteiger partial charge in [0.15, 0.2) is 0 Å². The summed E-state index contributed by atoms with van der Waals surface area (Å²) in [5, 5.41) is 7.18. The molecule has 2 aromatic rings. The molecule has 0 radical (unpaired) electrons. The summed E-state index contributed by atoms with van der Waals surface area (Å²) in [5.74, 6) is 0.344. The Kier molecular flexibility index (Phi) is 3.27. The SMILES string of the molecule is C[C@H]1CN2C[C@H](NC(=O)c3nc4ncccn4n3)C[C@H]2CO1. The predicted octanol–water partition coefficient (Wildman–Crippen LogP) is -0.284. The number of nitrogens with zero attached hydrogens (tertiary/aromatic N) is 5. The Morgan fingerprint density at radius 3 is 3.23 bits per heavy atom. The number of amides is 1. The lowest BCUT2D eigenvalue weighted by molar-refractivity contribution is -0.0390. The zero-order valence-electron chi connectivity index (χ0n) is 12.3. The molecule has 1 amide bonds. The van der Waals surface area contributed by atoms with Gasteiger partial charge in [0, 0.05) is 37.6 Å². The van der Waals surface area contributed by atoms with E-state index in [4.69, 9.17) is 4.74 Å². The van der Waals surface area contributed by atoms with E-state index in [0.29, 0.717) is 11.8 Å². The van der Waals surface area contributed by atoms with Crippen molar-refractivity contribution in [3.63, 3.8) is 0 Å². The molecule has 0 spiro atoms. The molecule has 1 N–H and O–H groups in total. The van der Waals surface area contributed by atoms with Crippen LogP contribution in [0.4, 0.5) is 0 Å². The highest BCUT2D eigenvalue weighted by atomic mass is 16.5. The molecule has 2 saturated heterocycles. The number of hydrogen-bond donors (Lipinski definition) is 1. The molecule has 0 bridgehead atoms. The number of rotatable bonds is 2. The second-order valence-electron chi connectivity index (χ2n) is 5.96. The van der Waals surface area contributed by atoms with E-state index in [2.05, 4.69) is 32.2 Å². The highest BCUT2D eigenvalue weighted by Gasteiger charge is 2.37. The fraction of sp³-hybridized carbons (Fsp3) is 0.571. The van der Waals surface area contributed by atoms with Gasteiger partial charge in [0.2, 0.25) is 5.82 Å². The van der Waals surface area contributed by atoms with Gasteiger partial charge in [0.25, 0.3) is 11.7 Å². The lowest BCUT2D eigenvalue weighted by atomic mass is 10.1. The fourth-order valence-electron chi connectivity index (χ4n) is 3.22. The average Bonchev–Trinajstić information content (AvgIpc) is 3.09. The van der Waals surface area contributed by atoms with E-state index in [1.54, 1.807) is 18.5 Å². The molecule has 2 aliphatic rings. The molecule has 8 heteroatoms. The summed E-state index contributed by atoms with van der Waals surface area (Å²) in [6.45, 7) is 4.60. The summed E-state index contributed by atoms with van der Waals surface area (Å²) in [6.07, 6.45) is 4.52. The van der Waals surface area contributed by atoms with Gasteiger partial charge in [0.05, 0.1) is 12.7 Å². The van der Waals surface area contributed by atoms with Gasteiger partial charge >= 0.3 is 0 Å². The third kappa shape index (κ3) is 2.44. The van der Waals surface area contributed by atoms with Gasteiger partial charge in [-0.05, 0) is 19.4 Å². The number of carbonyl (C=O) groups excluding carboxylic acids is 1. The Morgan fingerprint density at radius 2 is 2.36 bits per heavy atom. The smallest absolute Gasteiger partial charge is 0.291 e. The Morgan fingerprint density at radius 1 is 1.45 bits per heavy atom. The van der Waals surface area contributed by atoms with Crippen molar-refractivity contribution in [1.82, 2.24) is 29.8 Å². The Labute approximate surface area is 127 Å². The zero-order valence-corrected chi connectivity index (χ0v) is 12.3. The molecule has 4 heterocycles. The molecule has 3 atom stereocenters. The highest BCUT2D eigenvalue weighted by Crippen LogP contribution is 2.23. The van der Waals surface area contributed by atoms with Gasteiger partial charge in [-0.1, -0.05) is 0 Å². The lowest BCUT2D eigenvalue weighted by Crippen LogP contribution is -2.45. The van der Waals surface area contributed by atoms with E-state index in [0.717, 1.165) is 26.1 Å². The number of ether oxygens (including phenoxy) is 1. The van der Waals surface area contributed by atoms with E-state index in [9.17, 15) is 4.79 Å². The molecule has 116 valence electrons. The van der Waals surface area contributed by atoms with Gasteiger partial charge in [-0.2, -0.15) is 4.98 Å². The number of morpholine rings is 1. The van der Waals surface area contributed by atoms with Crippen molar-refractivity contribution in [2.24, 2.45) is 0 Å². The molecule has 2 fully saturated rings. The zero-order chi connectivity index (χ0) is 15.1. The summed E-state index contributed by atoms with van der Waals surface area (Å²) < 4.78 is 7.18. The van der Waals surface area contributed by atoms with Crippen LogP contribution in [0, 0.1) is 0 Å². The van der Waals surface area contributed by atoms with Gasteiger partial charge in [0.1, 0.15) is 0 Å². The highest BCUT2D eigenvalue weighted by molar-refractivity contribution is 5.91. The maximum atomic E-state index is 12.3. The monoisotopic (exact) mass is 302 g/mol. The summed E-state index contributed by atoms with van der Waals surface area (Å²) in [6, 6.07) is 2.27. The largest absolute Gasteiger partial charge is 0.376 e. The van der Waals surface area contributed by atoms with E-state index < -0.39 is 0 Å². The van der Waals surface area contributed by atoms with Crippen molar-refractivity contribution >= 4 is 11.7 Å². The number of carbonyl (C=O) groups is 1. The molecule has 0 saturated carbocycles. The molecule has 2 aliphatic heterocycles. The third-order valence-electron chi connectivity index (χ3n) is 4.25. The first-order valence-electron chi connectivity index (χ1n) is 7.53. The van der Waals surface area contributed by atoms with Crippen LogP contribution in [0.1, 0.15) is 24.0 Å². The Bertz CT molecular complexity index is 668. The van der Waals surface area contributed by atoms with Gasteiger partial charge in [-0.25, -0.2) is 9.50 Å². The van der Waals surface area contributed by atoms with Crippen molar-refractivity contribution in [3.05, 3.63) is 24.3 Å². The van der Waals surface area contributed by atoms with Crippen LogP contribution in [0.25, 0.3) is 5.78 Å². The van der Waals surface area contributed by atoms with Crippen molar-refractivity contribution in [2.75, 3.05) is 19.7 Å². The van der Waals surface area contributed by atoms with E-state index >= 15 is 0 Å². The molecular formula is C14H18N6O2. The van der Waals surface area contributed by atoms with E-state index in [1.165, 1.54) is 4.52 Å². The lowest BCUT2D eigenvalue weighted by Gasteiger charge is -2.33. The quantitative estimate of drug-likeness (QED) is 0.821. The van der Waals surface area contributed by atoms with Crippen molar-refractivity contribution in [2.45, 2.75) is 31.5 Å². The minimum Gasteiger partial charge on any atom is -0.376 e. The minimum atomic E-state index is -0.246. The first-order valence-corrected chi connectivity index (χ1v) is 7.53. The fourth-order valence-corrected chi connectivity index (χ4v) is 3.22. The molecule has 2 aromatic heterocycles. The number of aromatic nitrogens is 4. The topological polar surface area (TPSA) is 84.7 Å². The predicted molar refractivity (Wildman–Crippen MR) is 77.4 cm³/mol. The van der Waals surface area contributed by atoms with Crippen molar-refractivity contribution in [1.29, 1.82) is 0 Å². The molecule has 0 aliphatic carbocycles. The van der Waals surface area contributed by atoms with Crippen LogP contribution < -0.4 is 5.32 Å². The summed E-state index contributed by atoms with van der Waals surface area (Å²) in [4.78, 5) is 22.9. The summed E-state index contributed by atoms with van der Waals surface area (Å²) >= 11 is 0. The third-order valence-corrected chi connectivity index (χ3v) is 4.25. The summed E-state index contributed by atoms with van der Waals surface area (Å²) in [7, 11) is 0. The second-order valence-corrected chi connectivity index (χ2v) is 5.96. The van der Waals surface area contributed by atoms with Crippen LogP contribution in [0.15, 0.2) is 18.5 Å². The molecule has 8 nitrogen and oxygen atoms in total. The minimum absolute atomic E-state index is 0.117. The molecule has 0 unspecified atom stereocenters. The molecule has 22 heavy (non-hydrogen) atoms. The van der Waals surface area contributed by atoms with Crippen LogP contribution in [0.3, 0.4) is 0 Å². The first-order chi connectivity index (χ1) is 10.7. The number of nitrogens with one attached hydrogen (secondary N) is 1. The van der Waals surface area contributed by atoms with Gasteiger partial charge in [-0.3, -0.25) is 9.69 Å². The second kappa shape index (κ2) is 5.29. The van der Waals surface area contributed by atoms with Crippen LogP contribution in [0.2, 0.25) is 0 Å². The van der Waals surface area contributed by atoms with Gasteiger partial charge < -0.3 is 10.1 Å². The standard InChI is InChI=1S/C14H18N6O2/c1-9-6-19-7-10(5-11(19)8-22-9)16-13(21)12-17-14-15-3-2-4-20(14)18-12/h2-4,9-11H,5-8H2,1H3,(H,16,21)/t9-,10+,11-/m0/s1. The van der Waals surface area contributed by atoms with E-state index in [1.807, 2.05) is 0 Å². The van der Waals surface area contributed by atoms with Gasteiger partial charge in [-0.15, -0.1) is 5.10 Å². The normalized spacial score (nSPS) is 28.7. The van der Waals surface area contributed by atoms with Crippen molar-refractivity contribution < 1.29 is 9.53 Å². The van der Waals surface area contributed by atoms with Crippen LogP contribution in [0.5, 0.6) is 0 Å². The molecular weight excluding hydrogens is 284 g/mol. The van der Waals surface area contributed by atoms with Crippen LogP contribution in [-0.4, -0.2) is 68.3 Å². The first kappa shape index (κ1) is 13.6. The maximum absolute atomic E-state index is 12.3. The maximum Gasteiger partial charge on any atom is 0.291 e. The average molecular weight is 302 g/mol. The van der Waals surface area contributed by atoms with E-state index in [-0.39, 0.29) is 23.9 Å². The number of fused-ring (bicyclic) bond motifs is 2. The Hall–Kier alpha value is -2.06. The number of hydrogen-bond acceptors (Lipinski definition) is 6.